The van der Waals surface area contributed by atoms with Crippen LogP contribution in [0.2, 0.25) is 0 Å². The van der Waals surface area contributed by atoms with Crippen molar-refractivity contribution in [1.29, 1.82) is 0 Å². The van der Waals surface area contributed by atoms with E-state index in [1.54, 1.807) is 4.90 Å². The molecule has 1 fully saturated rings. The van der Waals surface area contributed by atoms with Crippen molar-refractivity contribution in [2.24, 2.45) is 4.99 Å². The van der Waals surface area contributed by atoms with Gasteiger partial charge in [-0.15, -0.1) is 0 Å². The number of hydrogen-bond donors (Lipinski definition) is 1. The Balaban J connectivity index is 1.55. The van der Waals surface area contributed by atoms with Gasteiger partial charge in [-0.2, -0.15) is 4.31 Å². The van der Waals surface area contributed by atoms with Gasteiger partial charge >= 0.3 is 0 Å². The van der Waals surface area contributed by atoms with Crippen molar-refractivity contribution in [3.05, 3.63) is 30.1 Å². The van der Waals surface area contributed by atoms with Crippen molar-refractivity contribution in [2.45, 2.75) is 4.90 Å². The summed E-state index contributed by atoms with van der Waals surface area (Å²) in [7, 11) is -3.74. The first-order chi connectivity index (χ1) is 12.0. The second kappa shape index (κ2) is 7.71. The number of hydrogen-bond acceptors (Lipinski definition) is 6. The van der Waals surface area contributed by atoms with E-state index < -0.39 is 15.8 Å². The molecule has 1 aromatic rings. The molecule has 0 bridgehead atoms. The van der Waals surface area contributed by atoms with Crippen molar-refractivity contribution < 1.29 is 17.6 Å². The van der Waals surface area contributed by atoms with Crippen LogP contribution in [0.25, 0.3) is 0 Å². The molecule has 136 valence electrons. The number of nitrogens with one attached hydrogen (secondary N) is 1. The van der Waals surface area contributed by atoms with Gasteiger partial charge in [0.05, 0.1) is 17.2 Å². The summed E-state index contributed by atoms with van der Waals surface area (Å²) < 4.78 is 39.7. The van der Waals surface area contributed by atoms with Gasteiger partial charge in [-0.1, -0.05) is 17.8 Å². The molecular weight excluding hydrogens is 367 g/mol. The molecular formula is C15H19FN4O3S2. The molecule has 3 rings (SSSR count). The molecule has 0 aromatic heterocycles. The Kier molecular flexibility index (Phi) is 5.60. The zero-order chi connectivity index (χ0) is 17.9. The van der Waals surface area contributed by atoms with Crippen LogP contribution in [0.3, 0.4) is 0 Å². The second-order valence-corrected chi connectivity index (χ2v) is 8.55. The number of carbonyl (C=O) groups excluding carboxylic acids is 1. The highest BCUT2D eigenvalue weighted by Crippen LogP contribution is 2.19. The van der Waals surface area contributed by atoms with E-state index in [0.29, 0.717) is 13.1 Å². The third kappa shape index (κ3) is 4.31. The third-order valence-corrected chi connectivity index (χ3v) is 6.83. The van der Waals surface area contributed by atoms with Crippen LogP contribution in [0, 0.1) is 5.82 Å². The van der Waals surface area contributed by atoms with E-state index in [1.165, 1.54) is 34.3 Å². The summed E-state index contributed by atoms with van der Waals surface area (Å²) in [5, 5.41) is 3.87. The predicted molar refractivity (Wildman–Crippen MR) is 94.5 cm³/mol. The van der Waals surface area contributed by atoms with Gasteiger partial charge in [0.1, 0.15) is 5.82 Å². The molecule has 2 heterocycles. The Labute approximate surface area is 150 Å². The molecule has 2 aliphatic rings. The molecule has 0 atom stereocenters. The summed E-state index contributed by atoms with van der Waals surface area (Å²) in [5.41, 5.74) is 0. The number of halogens is 1. The molecule has 0 radical (unpaired) electrons. The smallest absolute Gasteiger partial charge is 0.243 e. The number of sulfonamides is 1. The van der Waals surface area contributed by atoms with Crippen molar-refractivity contribution >= 4 is 32.9 Å². The maximum absolute atomic E-state index is 13.3. The molecule has 25 heavy (non-hydrogen) atoms. The number of aliphatic imine (C=N–C) groups is 1. The Morgan fingerprint density at radius 2 is 2.04 bits per heavy atom. The molecule has 1 amide bonds. The summed E-state index contributed by atoms with van der Waals surface area (Å²) in [4.78, 5) is 18.0. The number of amides is 1. The van der Waals surface area contributed by atoms with Crippen LogP contribution in [0.5, 0.6) is 0 Å². The normalized spacial score (nSPS) is 18.8. The Bertz CT molecular complexity index is 777. The average molecular weight is 386 g/mol. The molecule has 7 nitrogen and oxygen atoms in total. The fourth-order valence-electron chi connectivity index (χ4n) is 2.65. The van der Waals surface area contributed by atoms with E-state index in [0.717, 1.165) is 24.3 Å². The Morgan fingerprint density at radius 1 is 1.28 bits per heavy atom. The maximum Gasteiger partial charge on any atom is 0.243 e. The van der Waals surface area contributed by atoms with Crippen molar-refractivity contribution in [3.8, 4) is 0 Å². The van der Waals surface area contributed by atoms with E-state index in [-0.39, 0.29) is 29.6 Å². The molecule has 1 saturated heterocycles. The Hall–Kier alpha value is -1.65. The molecule has 0 saturated carbocycles. The van der Waals surface area contributed by atoms with E-state index in [4.69, 9.17) is 0 Å². The van der Waals surface area contributed by atoms with Gasteiger partial charge in [0.15, 0.2) is 5.17 Å². The number of thioether (sulfide) groups is 1. The zero-order valence-corrected chi connectivity index (χ0v) is 15.2. The average Bonchev–Trinajstić information content (AvgIpc) is 3.13. The highest BCUT2D eigenvalue weighted by molar-refractivity contribution is 8.14. The lowest BCUT2D eigenvalue weighted by atomic mass is 10.3. The molecule has 10 heteroatoms. The summed E-state index contributed by atoms with van der Waals surface area (Å²) in [6.07, 6.45) is 0. The number of carbonyl (C=O) groups is 1. The number of nitrogens with zero attached hydrogens (tertiary/aromatic N) is 3. The van der Waals surface area contributed by atoms with Crippen molar-refractivity contribution in [3.63, 3.8) is 0 Å². The molecule has 0 aliphatic carbocycles. The molecule has 1 aromatic carbocycles. The summed E-state index contributed by atoms with van der Waals surface area (Å²) in [6, 6.07) is 4.97. The third-order valence-electron chi connectivity index (χ3n) is 4.00. The van der Waals surface area contributed by atoms with Gasteiger partial charge in [-0.05, 0) is 18.2 Å². The van der Waals surface area contributed by atoms with Gasteiger partial charge in [0, 0.05) is 32.7 Å². The van der Waals surface area contributed by atoms with Crippen LogP contribution in [-0.4, -0.2) is 73.7 Å². The first-order valence-corrected chi connectivity index (χ1v) is 10.3. The second-order valence-electron chi connectivity index (χ2n) is 5.64. The fourth-order valence-corrected chi connectivity index (χ4v) is 4.93. The fraction of sp³-hybridized carbons (Fsp3) is 0.467. The number of piperazine rings is 1. The Morgan fingerprint density at radius 3 is 2.68 bits per heavy atom. The first-order valence-electron chi connectivity index (χ1n) is 7.91. The molecule has 0 spiro atoms. The van der Waals surface area contributed by atoms with Crippen LogP contribution < -0.4 is 5.32 Å². The topological polar surface area (TPSA) is 82.1 Å². The van der Waals surface area contributed by atoms with Crippen LogP contribution >= 0.6 is 11.8 Å². The highest BCUT2D eigenvalue weighted by atomic mass is 32.2. The van der Waals surface area contributed by atoms with Crippen LogP contribution in [0.4, 0.5) is 4.39 Å². The van der Waals surface area contributed by atoms with Crippen molar-refractivity contribution in [1.82, 2.24) is 14.5 Å². The number of benzene rings is 1. The summed E-state index contributed by atoms with van der Waals surface area (Å²) in [5.74, 6) is -0.345. The van der Waals surface area contributed by atoms with Gasteiger partial charge in [-0.3, -0.25) is 9.79 Å². The maximum atomic E-state index is 13.3. The van der Waals surface area contributed by atoms with E-state index in [9.17, 15) is 17.6 Å². The van der Waals surface area contributed by atoms with E-state index in [1.807, 2.05) is 0 Å². The van der Waals surface area contributed by atoms with Crippen molar-refractivity contribution in [2.75, 3.05) is 45.0 Å². The van der Waals surface area contributed by atoms with Crippen LogP contribution in [0.15, 0.2) is 34.2 Å². The minimum Gasteiger partial charge on any atom is -0.363 e. The lowest BCUT2D eigenvalue weighted by molar-refractivity contribution is -0.129. The summed E-state index contributed by atoms with van der Waals surface area (Å²) >= 11 is 1.36. The molecule has 0 unspecified atom stereocenters. The first kappa shape index (κ1) is 18.2. The van der Waals surface area contributed by atoms with Crippen LogP contribution in [-0.2, 0) is 14.8 Å². The summed E-state index contributed by atoms with van der Waals surface area (Å²) in [6.45, 7) is 2.59. The monoisotopic (exact) mass is 386 g/mol. The van der Waals surface area contributed by atoms with Gasteiger partial charge in [0.2, 0.25) is 15.9 Å². The number of amidine groups is 1. The minimum atomic E-state index is -3.74. The number of rotatable bonds is 4. The SMILES string of the molecule is O=C(CSC1=NCCN1)N1CCN(S(=O)(=O)c2cccc(F)c2)CC1. The lowest BCUT2D eigenvalue weighted by Crippen LogP contribution is -2.51. The standard InChI is InChI=1S/C15H19FN4O3S2/c16-12-2-1-3-13(10-12)25(22,23)20-8-6-19(7-9-20)14(21)11-24-15-17-4-5-18-15/h1-3,10H,4-9,11H2,(H,17,18). The predicted octanol–water partition coefficient (Wildman–Crippen LogP) is 0.351. The van der Waals surface area contributed by atoms with E-state index >= 15 is 0 Å². The quantitative estimate of drug-likeness (QED) is 0.808. The van der Waals surface area contributed by atoms with Gasteiger partial charge in [-0.25, -0.2) is 12.8 Å². The van der Waals surface area contributed by atoms with E-state index in [2.05, 4.69) is 10.3 Å². The molecule has 2 aliphatic heterocycles. The lowest BCUT2D eigenvalue weighted by Gasteiger charge is -2.34. The zero-order valence-electron chi connectivity index (χ0n) is 13.5. The highest BCUT2D eigenvalue weighted by Gasteiger charge is 2.30. The molecule has 1 N–H and O–H groups in total. The van der Waals surface area contributed by atoms with Crippen LogP contribution in [0.1, 0.15) is 0 Å². The van der Waals surface area contributed by atoms with Gasteiger partial charge in [0.25, 0.3) is 0 Å². The van der Waals surface area contributed by atoms with Gasteiger partial charge < -0.3 is 10.2 Å². The largest absolute Gasteiger partial charge is 0.363 e. The minimum absolute atomic E-state index is 0.0378.